The van der Waals surface area contributed by atoms with E-state index in [0.717, 1.165) is 31.2 Å². The zero-order chi connectivity index (χ0) is 15.1. The van der Waals surface area contributed by atoms with Crippen LogP contribution in [0.25, 0.3) is 0 Å². The van der Waals surface area contributed by atoms with Gasteiger partial charge in [-0.05, 0) is 31.7 Å². The largest absolute Gasteiger partial charge is 0.375 e. The maximum absolute atomic E-state index is 12.2. The van der Waals surface area contributed by atoms with Crippen LogP contribution >= 0.6 is 12.4 Å². The minimum Gasteiger partial charge on any atom is -0.375 e. The maximum Gasteiger partial charge on any atom is 0.223 e. The molecule has 3 atom stereocenters. The summed E-state index contributed by atoms with van der Waals surface area (Å²) in [6.45, 7) is 3.08. The van der Waals surface area contributed by atoms with E-state index in [1.807, 2.05) is 37.3 Å². The molecule has 1 amide bonds. The van der Waals surface area contributed by atoms with Crippen LogP contribution in [-0.4, -0.2) is 24.6 Å². The van der Waals surface area contributed by atoms with Crippen molar-refractivity contribution >= 4 is 18.3 Å². The molecule has 1 saturated carbocycles. The van der Waals surface area contributed by atoms with Crippen molar-refractivity contribution in [1.29, 1.82) is 0 Å². The summed E-state index contributed by atoms with van der Waals surface area (Å²) in [6, 6.07) is 10.3. The summed E-state index contributed by atoms with van der Waals surface area (Å²) in [5.41, 5.74) is 7.08. The Labute approximate surface area is 139 Å². The van der Waals surface area contributed by atoms with Crippen molar-refractivity contribution in [2.45, 2.75) is 51.3 Å². The fourth-order valence-electron chi connectivity index (χ4n) is 2.80. The summed E-state index contributed by atoms with van der Waals surface area (Å²) in [5, 5.41) is 3.04. The maximum atomic E-state index is 12.2. The number of carbonyl (C=O) groups excluding carboxylic acids is 1. The highest BCUT2D eigenvalue weighted by Crippen LogP contribution is 2.23. The third-order valence-electron chi connectivity index (χ3n) is 3.95. The Kier molecular flexibility index (Phi) is 8.46. The molecule has 0 spiro atoms. The van der Waals surface area contributed by atoms with Gasteiger partial charge >= 0.3 is 0 Å². The molecule has 1 aromatic carbocycles. The number of rotatable bonds is 6. The molecule has 2 rings (SSSR count). The first kappa shape index (κ1) is 18.9. The van der Waals surface area contributed by atoms with Crippen LogP contribution in [0.1, 0.15) is 38.2 Å². The van der Waals surface area contributed by atoms with Gasteiger partial charge in [-0.2, -0.15) is 0 Å². The number of ether oxygens (including phenoxy) is 1. The highest BCUT2D eigenvalue weighted by Gasteiger charge is 2.25. The van der Waals surface area contributed by atoms with Crippen LogP contribution in [0.5, 0.6) is 0 Å². The van der Waals surface area contributed by atoms with E-state index in [2.05, 4.69) is 5.32 Å². The molecule has 22 heavy (non-hydrogen) atoms. The van der Waals surface area contributed by atoms with Crippen LogP contribution in [0.3, 0.4) is 0 Å². The van der Waals surface area contributed by atoms with Crippen LogP contribution in [0.15, 0.2) is 30.3 Å². The van der Waals surface area contributed by atoms with Crippen molar-refractivity contribution in [2.75, 3.05) is 6.61 Å². The second-order valence-corrected chi connectivity index (χ2v) is 6.03. The summed E-state index contributed by atoms with van der Waals surface area (Å²) in [6.07, 6.45) is 3.86. The molecule has 0 heterocycles. The molecule has 3 unspecified atom stereocenters. The molecule has 1 aromatic rings. The highest BCUT2D eigenvalue weighted by molar-refractivity contribution is 5.85. The number of hydrogen-bond acceptors (Lipinski definition) is 3. The average Bonchev–Trinajstić information content (AvgIpc) is 2.48. The van der Waals surface area contributed by atoms with Crippen molar-refractivity contribution in [3.63, 3.8) is 0 Å². The second-order valence-electron chi connectivity index (χ2n) is 6.03. The fraction of sp³-hybridized carbons (Fsp3) is 0.588. The van der Waals surface area contributed by atoms with Gasteiger partial charge in [-0.1, -0.05) is 36.8 Å². The molecule has 4 nitrogen and oxygen atoms in total. The molecular weight excluding hydrogens is 300 g/mol. The zero-order valence-electron chi connectivity index (χ0n) is 13.2. The molecule has 0 aliphatic heterocycles. The van der Waals surface area contributed by atoms with E-state index in [-0.39, 0.29) is 36.3 Å². The standard InChI is InChI=1S/C17H26N2O2.ClH/c1-13(11-21-12-14-6-3-2-4-7-14)19-17(20)15-8-5-9-16(18)10-15;/h2-4,6-7,13,15-16H,5,8-12,18H2,1H3,(H,19,20);1H. The number of amides is 1. The lowest BCUT2D eigenvalue weighted by Crippen LogP contribution is -2.42. The van der Waals surface area contributed by atoms with Gasteiger partial charge in [0, 0.05) is 18.0 Å². The van der Waals surface area contributed by atoms with Gasteiger partial charge in [0.2, 0.25) is 5.91 Å². The van der Waals surface area contributed by atoms with Crippen LogP contribution in [0, 0.1) is 5.92 Å². The molecule has 0 aromatic heterocycles. The minimum absolute atomic E-state index is 0. The molecule has 0 saturated heterocycles. The lowest BCUT2D eigenvalue weighted by molar-refractivity contribution is -0.127. The third-order valence-corrected chi connectivity index (χ3v) is 3.95. The molecule has 0 radical (unpaired) electrons. The SMILES string of the molecule is CC(COCc1ccccc1)NC(=O)C1CCCC(N)C1.Cl. The Morgan fingerprint density at radius 2 is 2.09 bits per heavy atom. The normalized spacial score (nSPS) is 22.5. The van der Waals surface area contributed by atoms with Crippen LogP contribution in [0.2, 0.25) is 0 Å². The van der Waals surface area contributed by atoms with Crippen LogP contribution in [0.4, 0.5) is 0 Å². The Hall–Kier alpha value is -1.10. The van der Waals surface area contributed by atoms with Crippen molar-refractivity contribution in [2.24, 2.45) is 11.7 Å². The van der Waals surface area contributed by atoms with Crippen molar-refractivity contribution in [3.05, 3.63) is 35.9 Å². The Balaban J connectivity index is 0.00000242. The van der Waals surface area contributed by atoms with E-state index < -0.39 is 0 Å². The number of nitrogens with one attached hydrogen (secondary N) is 1. The molecular formula is C17H27ClN2O2. The zero-order valence-corrected chi connectivity index (χ0v) is 14.0. The minimum atomic E-state index is 0. The monoisotopic (exact) mass is 326 g/mol. The number of carbonyl (C=O) groups is 1. The number of benzene rings is 1. The van der Waals surface area contributed by atoms with Crippen molar-refractivity contribution < 1.29 is 9.53 Å². The Morgan fingerprint density at radius 3 is 2.77 bits per heavy atom. The van der Waals surface area contributed by atoms with Gasteiger partial charge in [0.05, 0.1) is 13.2 Å². The summed E-state index contributed by atoms with van der Waals surface area (Å²) in [7, 11) is 0. The molecule has 5 heteroatoms. The molecule has 1 aliphatic carbocycles. The number of hydrogen-bond donors (Lipinski definition) is 2. The van der Waals surface area contributed by atoms with Gasteiger partial charge < -0.3 is 15.8 Å². The van der Waals surface area contributed by atoms with E-state index >= 15 is 0 Å². The first-order valence-corrected chi connectivity index (χ1v) is 7.82. The first-order valence-electron chi connectivity index (χ1n) is 7.82. The van der Waals surface area contributed by atoms with E-state index in [0.29, 0.717) is 13.2 Å². The van der Waals surface area contributed by atoms with Gasteiger partial charge in [-0.25, -0.2) is 0 Å². The number of nitrogens with two attached hydrogens (primary N) is 1. The quantitative estimate of drug-likeness (QED) is 0.844. The van der Waals surface area contributed by atoms with Gasteiger partial charge in [0.1, 0.15) is 0 Å². The topological polar surface area (TPSA) is 64.3 Å². The van der Waals surface area contributed by atoms with E-state index in [1.165, 1.54) is 0 Å². The van der Waals surface area contributed by atoms with Gasteiger partial charge in [-0.15, -0.1) is 12.4 Å². The lowest BCUT2D eigenvalue weighted by Gasteiger charge is -2.27. The Bertz CT molecular complexity index is 442. The van der Waals surface area contributed by atoms with E-state index in [9.17, 15) is 4.79 Å². The van der Waals surface area contributed by atoms with Gasteiger partial charge in [0.25, 0.3) is 0 Å². The molecule has 0 bridgehead atoms. The van der Waals surface area contributed by atoms with Crippen LogP contribution in [-0.2, 0) is 16.1 Å². The van der Waals surface area contributed by atoms with E-state index in [4.69, 9.17) is 10.5 Å². The predicted molar refractivity (Wildman–Crippen MR) is 90.9 cm³/mol. The average molecular weight is 327 g/mol. The van der Waals surface area contributed by atoms with E-state index in [1.54, 1.807) is 0 Å². The van der Waals surface area contributed by atoms with Gasteiger partial charge in [0.15, 0.2) is 0 Å². The third kappa shape index (κ3) is 6.34. The summed E-state index contributed by atoms with van der Waals surface area (Å²) in [4.78, 5) is 12.2. The summed E-state index contributed by atoms with van der Waals surface area (Å²) in [5.74, 6) is 0.200. The molecule has 1 aliphatic rings. The first-order chi connectivity index (χ1) is 10.1. The molecule has 1 fully saturated rings. The predicted octanol–water partition coefficient (Wildman–Crippen LogP) is 2.65. The molecule has 3 N–H and O–H groups in total. The highest BCUT2D eigenvalue weighted by atomic mass is 35.5. The van der Waals surface area contributed by atoms with Crippen LogP contribution < -0.4 is 11.1 Å². The van der Waals surface area contributed by atoms with Crippen molar-refractivity contribution in [3.8, 4) is 0 Å². The summed E-state index contributed by atoms with van der Waals surface area (Å²) >= 11 is 0. The Morgan fingerprint density at radius 1 is 1.36 bits per heavy atom. The second kappa shape index (κ2) is 9.82. The van der Waals surface area contributed by atoms with Crippen molar-refractivity contribution in [1.82, 2.24) is 5.32 Å². The fourth-order valence-corrected chi connectivity index (χ4v) is 2.80. The molecule has 124 valence electrons. The smallest absolute Gasteiger partial charge is 0.223 e. The van der Waals surface area contributed by atoms with Gasteiger partial charge in [-0.3, -0.25) is 4.79 Å². The number of halogens is 1. The lowest BCUT2D eigenvalue weighted by atomic mass is 9.85. The summed E-state index contributed by atoms with van der Waals surface area (Å²) < 4.78 is 5.65.